The SMILES string of the molecule is O=C1Cc2ccc(-c3nnc(-c4ccc(F)cc4OCc4cnccn4)c4sccc34)cc2CN1. The lowest BCUT2D eigenvalue weighted by Gasteiger charge is -2.17. The van der Waals surface area contributed by atoms with Crippen molar-refractivity contribution in [1.29, 1.82) is 0 Å². The predicted octanol–water partition coefficient (Wildman–Crippen LogP) is 4.71. The molecule has 0 bridgehead atoms. The van der Waals surface area contributed by atoms with Gasteiger partial charge in [0.15, 0.2) is 0 Å². The van der Waals surface area contributed by atoms with Gasteiger partial charge in [-0.3, -0.25) is 14.8 Å². The van der Waals surface area contributed by atoms with Crippen LogP contribution in [0.2, 0.25) is 0 Å². The molecule has 35 heavy (non-hydrogen) atoms. The zero-order chi connectivity index (χ0) is 23.8. The highest BCUT2D eigenvalue weighted by molar-refractivity contribution is 7.17. The second kappa shape index (κ2) is 8.84. The van der Waals surface area contributed by atoms with Crippen molar-refractivity contribution >= 4 is 27.3 Å². The van der Waals surface area contributed by atoms with Crippen LogP contribution in [0.1, 0.15) is 16.8 Å². The zero-order valence-electron chi connectivity index (χ0n) is 18.4. The predicted molar refractivity (Wildman–Crippen MR) is 130 cm³/mol. The summed E-state index contributed by atoms with van der Waals surface area (Å²) in [5, 5.41) is 15.0. The Balaban J connectivity index is 1.40. The Kier molecular flexibility index (Phi) is 5.38. The highest BCUT2D eigenvalue weighted by Gasteiger charge is 2.20. The van der Waals surface area contributed by atoms with E-state index in [4.69, 9.17) is 4.74 Å². The van der Waals surface area contributed by atoms with Crippen LogP contribution < -0.4 is 10.1 Å². The first-order chi connectivity index (χ1) is 17.2. The molecular formula is C26H18FN5O2S. The molecule has 0 aliphatic carbocycles. The maximum absolute atomic E-state index is 14.1. The van der Waals surface area contributed by atoms with E-state index in [1.165, 1.54) is 12.1 Å². The molecule has 1 amide bonds. The molecule has 1 aliphatic heterocycles. The monoisotopic (exact) mass is 483 g/mol. The van der Waals surface area contributed by atoms with Crippen LogP contribution in [0.15, 0.2) is 66.4 Å². The molecule has 2 aromatic carbocycles. The van der Waals surface area contributed by atoms with Gasteiger partial charge in [0, 0.05) is 41.5 Å². The lowest BCUT2D eigenvalue weighted by molar-refractivity contribution is -0.121. The molecule has 7 nitrogen and oxygen atoms in total. The Morgan fingerprint density at radius 2 is 1.94 bits per heavy atom. The molecule has 1 N–H and O–H groups in total. The molecule has 4 heterocycles. The minimum atomic E-state index is -0.406. The second-order valence-corrected chi connectivity index (χ2v) is 9.04. The van der Waals surface area contributed by atoms with Crippen molar-refractivity contribution in [3.63, 3.8) is 0 Å². The summed E-state index contributed by atoms with van der Waals surface area (Å²) in [6, 6.07) is 12.4. The van der Waals surface area contributed by atoms with Gasteiger partial charge in [-0.25, -0.2) is 4.39 Å². The van der Waals surface area contributed by atoms with E-state index in [9.17, 15) is 9.18 Å². The van der Waals surface area contributed by atoms with Gasteiger partial charge in [-0.15, -0.1) is 21.5 Å². The molecule has 0 fully saturated rings. The van der Waals surface area contributed by atoms with E-state index in [2.05, 4.69) is 31.5 Å². The van der Waals surface area contributed by atoms with E-state index >= 15 is 0 Å². The average Bonchev–Trinajstić information content (AvgIpc) is 3.38. The first-order valence-corrected chi connectivity index (χ1v) is 11.8. The third kappa shape index (κ3) is 4.10. The van der Waals surface area contributed by atoms with Crippen molar-refractivity contribution in [2.24, 2.45) is 0 Å². The van der Waals surface area contributed by atoms with E-state index in [0.717, 1.165) is 32.5 Å². The van der Waals surface area contributed by atoms with Crippen molar-refractivity contribution in [2.75, 3.05) is 0 Å². The summed E-state index contributed by atoms with van der Waals surface area (Å²) in [5.74, 6) is -0.0146. The van der Waals surface area contributed by atoms with E-state index in [1.807, 2.05) is 23.6 Å². The highest BCUT2D eigenvalue weighted by atomic mass is 32.1. The van der Waals surface area contributed by atoms with Crippen LogP contribution in [-0.4, -0.2) is 26.1 Å². The largest absolute Gasteiger partial charge is 0.486 e. The maximum Gasteiger partial charge on any atom is 0.224 e. The Bertz CT molecular complexity index is 1570. The Morgan fingerprint density at radius 3 is 2.83 bits per heavy atom. The van der Waals surface area contributed by atoms with E-state index in [1.54, 1.807) is 36.0 Å². The standard InChI is InChI=1S/C26H18FN5O2S/c27-18-3-4-20(22(11-18)34-14-19-13-28-6-7-29-19)25-26-21(5-8-35-26)24(31-32-25)16-2-1-15-10-23(33)30-12-17(15)9-16/h1-9,11,13H,10,12,14H2,(H,30,33). The van der Waals surface area contributed by atoms with Crippen LogP contribution >= 0.6 is 11.3 Å². The molecule has 6 rings (SSSR count). The molecule has 9 heteroatoms. The summed E-state index contributed by atoms with van der Waals surface area (Å²) in [5.41, 5.74) is 5.70. The number of nitrogens with zero attached hydrogens (tertiary/aromatic N) is 4. The van der Waals surface area contributed by atoms with Crippen LogP contribution in [0, 0.1) is 5.82 Å². The number of fused-ring (bicyclic) bond motifs is 2. The Hall–Kier alpha value is -4.24. The van der Waals surface area contributed by atoms with Crippen LogP contribution in [0.5, 0.6) is 5.75 Å². The van der Waals surface area contributed by atoms with Crippen LogP contribution in [-0.2, 0) is 24.4 Å². The summed E-state index contributed by atoms with van der Waals surface area (Å²) in [6.07, 6.45) is 5.16. The number of hydrogen-bond acceptors (Lipinski definition) is 7. The summed E-state index contributed by atoms with van der Waals surface area (Å²) in [7, 11) is 0. The van der Waals surface area contributed by atoms with Gasteiger partial charge in [0.1, 0.15) is 29.6 Å². The quantitative estimate of drug-likeness (QED) is 0.390. The number of benzene rings is 2. The van der Waals surface area contributed by atoms with Crippen LogP contribution in [0.4, 0.5) is 4.39 Å². The van der Waals surface area contributed by atoms with Crippen LogP contribution in [0.25, 0.3) is 32.6 Å². The third-order valence-corrected chi connectivity index (χ3v) is 6.80. The van der Waals surface area contributed by atoms with E-state index < -0.39 is 5.82 Å². The molecule has 0 spiro atoms. The Labute approximate surface area is 203 Å². The van der Waals surface area contributed by atoms with Crippen molar-refractivity contribution in [3.8, 4) is 28.3 Å². The minimum absolute atomic E-state index is 0.0336. The van der Waals surface area contributed by atoms with Gasteiger partial charge in [-0.1, -0.05) is 12.1 Å². The summed E-state index contributed by atoms with van der Waals surface area (Å²) in [4.78, 5) is 19.9. The van der Waals surface area contributed by atoms with Crippen molar-refractivity contribution in [1.82, 2.24) is 25.5 Å². The number of hydrogen-bond donors (Lipinski definition) is 1. The third-order valence-electron chi connectivity index (χ3n) is 5.88. The fourth-order valence-corrected chi connectivity index (χ4v) is 5.07. The number of ether oxygens (including phenoxy) is 1. The van der Waals surface area contributed by atoms with Gasteiger partial charge in [-0.2, -0.15) is 0 Å². The fourth-order valence-electron chi connectivity index (χ4n) is 4.17. The molecule has 0 unspecified atom stereocenters. The van der Waals surface area contributed by atoms with Gasteiger partial charge >= 0.3 is 0 Å². The molecule has 1 aliphatic rings. The van der Waals surface area contributed by atoms with Gasteiger partial charge in [0.25, 0.3) is 0 Å². The summed E-state index contributed by atoms with van der Waals surface area (Å²) in [6.45, 7) is 0.650. The number of rotatable bonds is 5. The Morgan fingerprint density at radius 1 is 1.03 bits per heavy atom. The van der Waals surface area contributed by atoms with Crippen LogP contribution in [0.3, 0.4) is 0 Å². The highest BCUT2D eigenvalue weighted by Crippen LogP contribution is 2.39. The number of amides is 1. The van der Waals surface area contributed by atoms with E-state index in [-0.39, 0.29) is 12.5 Å². The number of nitrogens with one attached hydrogen (secondary N) is 1. The van der Waals surface area contributed by atoms with Crippen molar-refractivity contribution in [2.45, 2.75) is 19.6 Å². The smallest absolute Gasteiger partial charge is 0.224 e. The molecule has 0 saturated heterocycles. The zero-order valence-corrected chi connectivity index (χ0v) is 19.2. The first-order valence-electron chi connectivity index (χ1n) is 11.0. The lowest BCUT2D eigenvalue weighted by Crippen LogP contribution is -2.30. The van der Waals surface area contributed by atoms with Crippen molar-refractivity contribution < 1.29 is 13.9 Å². The molecule has 172 valence electrons. The van der Waals surface area contributed by atoms with Gasteiger partial charge in [0.2, 0.25) is 5.91 Å². The maximum atomic E-state index is 14.1. The number of carbonyl (C=O) groups excluding carboxylic acids is 1. The van der Waals surface area contributed by atoms with Gasteiger partial charge in [-0.05, 0) is 40.8 Å². The number of carbonyl (C=O) groups is 1. The van der Waals surface area contributed by atoms with Gasteiger partial charge in [0.05, 0.1) is 23.0 Å². The second-order valence-electron chi connectivity index (χ2n) is 8.12. The first kappa shape index (κ1) is 21.3. The van der Waals surface area contributed by atoms with E-state index in [0.29, 0.717) is 35.7 Å². The summed E-state index contributed by atoms with van der Waals surface area (Å²) >= 11 is 1.54. The molecule has 0 saturated carbocycles. The summed E-state index contributed by atoms with van der Waals surface area (Å²) < 4.78 is 21.0. The number of thiophene rings is 1. The normalized spacial score (nSPS) is 12.9. The van der Waals surface area contributed by atoms with Crippen molar-refractivity contribution in [3.05, 3.63) is 89.1 Å². The topological polar surface area (TPSA) is 89.9 Å². The molecule has 5 aromatic rings. The fraction of sp³-hybridized carbons (Fsp3) is 0.115. The minimum Gasteiger partial charge on any atom is -0.486 e. The molecular weight excluding hydrogens is 465 g/mol. The average molecular weight is 484 g/mol. The molecule has 0 radical (unpaired) electrons. The van der Waals surface area contributed by atoms with Gasteiger partial charge < -0.3 is 10.1 Å². The molecule has 0 atom stereocenters. The number of halogens is 1. The molecule has 3 aromatic heterocycles. The number of aromatic nitrogens is 4. The lowest BCUT2D eigenvalue weighted by atomic mass is 9.96.